The molecule has 0 atom stereocenters. The summed E-state index contributed by atoms with van der Waals surface area (Å²) < 4.78 is 0. The van der Waals surface area contributed by atoms with Crippen LogP contribution in [0.5, 0.6) is 0 Å². The number of nitrogens with two attached hydrogens (primary N) is 1. The average Bonchev–Trinajstić information content (AvgIpc) is 2.15. The molecule has 0 saturated carbocycles. The van der Waals surface area contributed by atoms with E-state index in [2.05, 4.69) is 21.9 Å². The number of anilines is 2. The zero-order chi connectivity index (χ0) is 10.6. The summed E-state index contributed by atoms with van der Waals surface area (Å²) in [4.78, 5) is 4.12. The molecule has 0 aliphatic rings. The van der Waals surface area contributed by atoms with E-state index in [1.807, 2.05) is 13.0 Å². The van der Waals surface area contributed by atoms with Crippen LogP contribution in [-0.2, 0) is 0 Å². The van der Waals surface area contributed by atoms with Gasteiger partial charge >= 0.3 is 0 Å². The zero-order valence-corrected chi connectivity index (χ0v) is 8.31. The van der Waals surface area contributed by atoms with Crippen LogP contribution in [0.4, 0.5) is 11.5 Å². The van der Waals surface area contributed by atoms with Crippen molar-refractivity contribution in [2.45, 2.75) is 13.8 Å². The van der Waals surface area contributed by atoms with E-state index in [-0.39, 0.29) is 0 Å². The maximum Gasteiger partial charge on any atom is 0.177 e. The maximum atomic E-state index is 5.58. The predicted molar refractivity (Wildman–Crippen MR) is 59.6 cm³/mol. The van der Waals surface area contributed by atoms with Gasteiger partial charge in [0.15, 0.2) is 5.82 Å². The summed E-state index contributed by atoms with van der Waals surface area (Å²) in [6.45, 7) is 7.10. The van der Waals surface area contributed by atoms with E-state index in [1.165, 1.54) is 5.12 Å². The minimum atomic E-state index is 0.621. The Hall–Kier alpha value is -1.91. The summed E-state index contributed by atoms with van der Waals surface area (Å²) in [5.74, 6) is 0.632. The molecular formula is C9H13N5. The summed E-state index contributed by atoms with van der Waals surface area (Å²) in [5.41, 5.74) is 7.10. The highest BCUT2D eigenvalue weighted by Gasteiger charge is 2.06. The van der Waals surface area contributed by atoms with Gasteiger partial charge in [0.05, 0.1) is 11.9 Å². The Morgan fingerprint density at radius 1 is 1.64 bits per heavy atom. The Bertz CT molecular complexity index is 358. The summed E-state index contributed by atoms with van der Waals surface area (Å²) >= 11 is 0. The number of nitrogens with zero attached hydrogens (tertiary/aromatic N) is 4. The lowest BCUT2D eigenvalue weighted by molar-refractivity contribution is 0.902. The summed E-state index contributed by atoms with van der Waals surface area (Å²) in [5, 5.41) is 9.06. The van der Waals surface area contributed by atoms with Crippen molar-refractivity contribution in [2.75, 3.05) is 10.9 Å². The molecule has 1 aromatic heterocycles. The van der Waals surface area contributed by atoms with Gasteiger partial charge < -0.3 is 5.73 Å². The molecule has 1 aromatic rings. The monoisotopic (exact) mass is 191 g/mol. The molecular weight excluding hydrogens is 178 g/mol. The second kappa shape index (κ2) is 4.36. The van der Waals surface area contributed by atoms with Gasteiger partial charge in [0.1, 0.15) is 0 Å². The summed E-state index contributed by atoms with van der Waals surface area (Å²) in [6.07, 6.45) is 3.18. The van der Waals surface area contributed by atoms with Crippen molar-refractivity contribution in [1.82, 2.24) is 4.98 Å². The van der Waals surface area contributed by atoms with Gasteiger partial charge in [0, 0.05) is 12.9 Å². The SMILES string of the molecule is C=NN(/N=C\C)c1ncc(N)cc1C. The van der Waals surface area contributed by atoms with Crippen molar-refractivity contribution >= 4 is 24.4 Å². The third-order valence-electron chi connectivity index (χ3n) is 1.62. The van der Waals surface area contributed by atoms with Crippen molar-refractivity contribution in [3.05, 3.63) is 17.8 Å². The minimum absolute atomic E-state index is 0.621. The second-order valence-electron chi connectivity index (χ2n) is 2.71. The molecule has 0 fully saturated rings. The Kier molecular flexibility index (Phi) is 3.17. The van der Waals surface area contributed by atoms with Gasteiger partial charge in [-0.05, 0) is 25.5 Å². The van der Waals surface area contributed by atoms with E-state index in [1.54, 1.807) is 19.3 Å². The van der Waals surface area contributed by atoms with Crippen LogP contribution in [0.15, 0.2) is 22.5 Å². The molecule has 0 radical (unpaired) electrons. The minimum Gasteiger partial charge on any atom is -0.397 e. The fourth-order valence-corrected chi connectivity index (χ4v) is 1.07. The number of nitrogen functional groups attached to an aromatic ring is 1. The van der Waals surface area contributed by atoms with E-state index in [9.17, 15) is 0 Å². The molecule has 0 aliphatic heterocycles. The lowest BCUT2D eigenvalue weighted by atomic mass is 10.3. The molecule has 1 heterocycles. The Balaban J connectivity index is 3.10. The van der Waals surface area contributed by atoms with Crippen molar-refractivity contribution < 1.29 is 0 Å². The molecule has 1 rings (SSSR count). The topological polar surface area (TPSA) is 66.9 Å². The van der Waals surface area contributed by atoms with Crippen LogP contribution < -0.4 is 10.9 Å². The predicted octanol–water partition coefficient (Wildman–Crippen LogP) is 1.40. The molecule has 14 heavy (non-hydrogen) atoms. The largest absolute Gasteiger partial charge is 0.397 e. The van der Waals surface area contributed by atoms with Crippen molar-refractivity contribution in [2.24, 2.45) is 10.2 Å². The van der Waals surface area contributed by atoms with E-state index in [4.69, 9.17) is 5.73 Å². The van der Waals surface area contributed by atoms with E-state index >= 15 is 0 Å². The number of hydrogen-bond acceptors (Lipinski definition) is 5. The first-order valence-corrected chi connectivity index (χ1v) is 4.16. The van der Waals surface area contributed by atoms with Gasteiger partial charge in [-0.25, -0.2) is 4.98 Å². The quantitative estimate of drug-likeness (QED) is 0.580. The Labute approximate surface area is 82.9 Å². The molecule has 5 heteroatoms. The molecule has 0 amide bonds. The third kappa shape index (κ3) is 2.07. The van der Waals surface area contributed by atoms with E-state index < -0.39 is 0 Å². The molecule has 2 N–H and O–H groups in total. The molecule has 0 aliphatic carbocycles. The molecule has 0 unspecified atom stereocenters. The van der Waals surface area contributed by atoms with Gasteiger partial charge in [0.2, 0.25) is 0 Å². The first kappa shape index (κ1) is 10.2. The molecule has 0 saturated heterocycles. The first-order valence-electron chi connectivity index (χ1n) is 4.16. The van der Waals surface area contributed by atoms with E-state index in [0.717, 1.165) is 5.56 Å². The Morgan fingerprint density at radius 2 is 2.36 bits per heavy atom. The van der Waals surface area contributed by atoms with Crippen LogP contribution in [0, 0.1) is 6.92 Å². The highest BCUT2D eigenvalue weighted by molar-refractivity contribution is 5.59. The fraction of sp³-hybridized carbons (Fsp3) is 0.222. The van der Waals surface area contributed by atoms with Crippen molar-refractivity contribution in [1.29, 1.82) is 0 Å². The number of pyridine rings is 1. The highest BCUT2D eigenvalue weighted by atomic mass is 15.7. The van der Waals surface area contributed by atoms with E-state index in [0.29, 0.717) is 11.5 Å². The lowest BCUT2D eigenvalue weighted by Gasteiger charge is -2.12. The van der Waals surface area contributed by atoms with Gasteiger partial charge in [0.25, 0.3) is 0 Å². The highest BCUT2D eigenvalue weighted by Crippen LogP contribution is 2.18. The molecule has 5 nitrogen and oxygen atoms in total. The van der Waals surface area contributed by atoms with Crippen LogP contribution in [0.25, 0.3) is 0 Å². The van der Waals surface area contributed by atoms with Crippen LogP contribution in [0.3, 0.4) is 0 Å². The number of hydrogen-bond donors (Lipinski definition) is 1. The molecule has 0 bridgehead atoms. The van der Waals surface area contributed by atoms with Gasteiger partial charge in [-0.1, -0.05) is 0 Å². The zero-order valence-electron chi connectivity index (χ0n) is 8.31. The summed E-state index contributed by atoms with van der Waals surface area (Å²) in [6, 6.07) is 1.81. The summed E-state index contributed by atoms with van der Waals surface area (Å²) in [7, 11) is 0. The number of rotatable bonds is 3. The standard InChI is InChI=1S/C9H13N5/c1-4-13-14(11-3)9-7(2)5-8(10)6-12-9/h4-6H,3,10H2,1-2H3/b13-4-. The second-order valence-corrected chi connectivity index (χ2v) is 2.71. The lowest BCUT2D eigenvalue weighted by Crippen LogP contribution is -2.10. The van der Waals surface area contributed by atoms with Crippen LogP contribution >= 0.6 is 0 Å². The van der Waals surface area contributed by atoms with Gasteiger partial charge in [-0.15, -0.1) is 5.12 Å². The number of aryl methyl sites for hydroxylation is 1. The van der Waals surface area contributed by atoms with Gasteiger partial charge in [-0.3, -0.25) is 0 Å². The third-order valence-corrected chi connectivity index (χ3v) is 1.62. The normalized spacial score (nSPS) is 10.4. The van der Waals surface area contributed by atoms with Crippen molar-refractivity contribution in [3.63, 3.8) is 0 Å². The number of aromatic nitrogens is 1. The van der Waals surface area contributed by atoms with Crippen LogP contribution in [0.2, 0.25) is 0 Å². The van der Waals surface area contributed by atoms with Crippen LogP contribution in [-0.4, -0.2) is 17.9 Å². The molecule has 74 valence electrons. The van der Waals surface area contributed by atoms with Crippen molar-refractivity contribution in [3.8, 4) is 0 Å². The first-order chi connectivity index (χ1) is 6.69. The van der Waals surface area contributed by atoms with Crippen LogP contribution in [0.1, 0.15) is 12.5 Å². The maximum absolute atomic E-state index is 5.58. The Morgan fingerprint density at radius 3 is 2.86 bits per heavy atom. The molecule has 0 aromatic carbocycles. The smallest absolute Gasteiger partial charge is 0.177 e. The van der Waals surface area contributed by atoms with Gasteiger partial charge in [-0.2, -0.15) is 10.2 Å². The number of hydrazone groups is 2. The fourth-order valence-electron chi connectivity index (χ4n) is 1.07. The average molecular weight is 191 g/mol. The molecule has 0 spiro atoms.